The van der Waals surface area contributed by atoms with Crippen molar-refractivity contribution in [2.45, 2.75) is 38.2 Å². The molecule has 0 unspecified atom stereocenters. The average Bonchev–Trinajstić information content (AvgIpc) is 3.18. The molecule has 1 N–H and O–H groups in total. The highest BCUT2D eigenvalue weighted by Gasteiger charge is 2.16. The lowest BCUT2D eigenvalue weighted by Crippen LogP contribution is -2.26. The minimum atomic E-state index is -3.63. The zero-order valence-electron chi connectivity index (χ0n) is 17.5. The van der Waals surface area contributed by atoms with E-state index in [4.69, 9.17) is 13.9 Å². The van der Waals surface area contributed by atoms with Gasteiger partial charge in [0.25, 0.3) is 0 Å². The largest absolute Gasteiger partial charge is 0.497 e. The van der Waals surface area contributed by atoms with Gasteiger partial charge in [-0.2, -0.15) is 0 Å². The molecule has 0 aliphatic rings. The van der Waals surface area contributed by atoms with Gasteiger partial charge in [-0.25, -0.2) is 18.1 Å². The highest BCUT2D eigenvalue weighted by molar-refractivity contribution is 7.89. The molecule has 8 heteroatoms. The Kier molecular flexibility index (Phi) is 6.79. The van der Waals surface area contributed by atoms with Gasteiger partial charge in [0.1, 0.15) is 17.8 Å². The number of ether oxygens (including phenoxy) is 2. The van der Waals surface area contributed by atoms with Crippen molar-refractivity contribution in [2.24, 2.45) is 0 Å². The summed E-state index contributed by atoms with van der Waals surface area (Å²) < 4.78 is 44.1. The third-order valence-corrected chi connectivity index (χ3v) is 5.84. The van der Waals surface area contributed by atoms with Crippen molar-refractivity contribution < 1.29 is 22.3 Å². The van der Waals surface area contributed by atoms with Crippen LogP contribution in [-0.4, -0.2) is 33.2 Å². The Labute approximate surface area is 177 Å². The van der Waals surface area contributed by atoms with Crippen LogP contribution in [0.2, 0.25) is 0 Å². The molecular weight excluding hydrogens is 404 g/mol. The van der Waals surface area contributed by atoms with Crippen molar-refractivity contribution in [3.05, 3.63) is 60.0 Å². The summed E-state index contributed by atoms with van der Waals surface area (Å²) >= 11 is 0. The molecule has 0 aliphatic heterocycles. The topological polar surface area (TPSA) is 90.7 Å². The van der Waals surface area contributed by atoms with E-state index in [1.54, 1.807) is 25.3 Å². The molecule has 0 saturated heterocycles. The van der Waals surface area contributed by atoms with Gasteiger partial charge >= 0.3 is 0 Å². The maximum atomic E-state index is 12.6. The molecule has 0 bridgehead atoms. The van der Waals surface area contributed by atoms with Crippen LogP contribution in [0.1, 0.15) is 25.1 Å². The number of hydrogen-bond donors (Lipinski definition) is 1. The number of aromatic nitrogens is 1. The Hall–Kier alpha value is -2.84. The molecule has 0 spiro atoms. The monoisotopic (exact) mass is 430 g/mol. The summed E-state index contributed by atoms with van der Waals surface area (Å²) in [6.07, 6.45) is 1.97. The summed E-state index contributed by atoms with van der Waals surface area (Å²) in [5.41, 5.74) is 2.26. The molecule has 0 atom stereocenters. The summed E-state index contributed by atoms with van der Waals surface area (Å²) in [5, 5.41) is 0. The molecule has 1 heterocycles. The Morgan fingerprint density at radius 1 is 1.13 bits per heavy atom. The summed E-state index contributed by atoms with van der Waals surface area (Å²) in [4.78, 5) is 4.63. The van der Waals surface area contributed by atoms with Crippen molar-refractivity contribution >= 4 is 10.0 Å². The lowest BCUT2D eigenvalue weighted by molar-refractivity contribution is 0.240. The van der Waals surface area contributed by atoms with Crippen LogP contribution in [0.3, 0.4) is 0 Å². The molecule has 3 aromatic rings. The molecule has 0 saturated carbocycles. The fourth-order valence-electron chi connectivity index (χ4n) is 2.86. The van der Waals surface area contributed by atoms with E-state index in [0.29, 0.717) is 23.8 Å². The first-order chi connectivity index (χ1) is 14.3. The number of aryl methyl sites for hydroxylation is 1. The number of nitrogens with zero attached hydrogens (tertiary/aromatic N) is 1. The Morgan fingerprint density at radius 3 is 2.50 bits per heavy atom. The molecule has 2 aromatic carbocycles. The first-order valence-electron chi connectivity index (χ1n) is 9.64. The second kappa shape index (κ2) is 9.32. The van der Waals surface area contributed by atoms with Crippen LogP contribution in [-0.2, 0) is 16.4 Å². The number of hydrogen-bond acceptors (Lipinski definition) is 6. The van der Waals surface area contributed by atoms with E-state index in [2.05, 4.69) is 9.71 Å². The number of nitrogens with one attached hydrogen (secondary N) is 1. The first-order valence-corrected chi connectivity index (χ1v) is 11.1. The second-order valence-electron chi connectivity index (χ2n) is 7.11. The van der Waals surface area contributed by atoms with Crippen molar-refractivity contribution in [3.63, 3.8) is 0 Å². The molecule has 160 valence electrons. The predicted molar refractivity (Wildman–Crippen MR) is 114 cm³/mol. The maximum absolute atomic E-state index is 12.6. The number of rotatable bonds is 9. The van der Waals surface area contributed by atoms with Gasteiger partial charge in [-0.15, -0.1) is 0 Å². The van der Waals surface area contributed by atoms with E-state index in [-0.39, 0.29) is 17.5 Å². The third-order valence-electron chi connectivity index (χ3n) is 4.38. The van der Waals surface area contributed by atoms with Crippen LogP contribution >= 0.6 is 0 Å². The van der Waals surface area contributed by atoms with Crippen LogP contribution < -0.4 is 14.2 Å². The zero-order chi connectivity index (χ0) is 21.7. The van der Waals surface area contributed by atoms with E-state index < -0.39 is 10.0 Å². The molecule has 30 heavy (non-hydrogen) atoms. The van der Waals surface area contributed by atoms with Gasteiger partial charge in [-0.1, -0.05) is 0 Å². The summed E-state index contributed by atoms with van der Waals surface area (Å²) in [7, 11) is -2.02. The van der Waals surface area contributed by atoms with Gasteiger partial charge in [0.15, 0.2) is 0 Å². The van der Waals surface area contributed by atoms with Crippen LogP contribution in [0.5, 0.6) is 11.5 Å². The highest BCUT2D eigenvalue weighted by atomic mass is 32.2. The van der Waals surface area contributed by atoms with E-state index in [9.17, 15) is 8.42 Å². The van der Waals surface area contributed by atoms with Gasteiger partial charge in [0.2, 0.25) is 15.9 Å². The molecule has 1 aromatic heterocycles. The lowest BCUT2D eigenvalue weighted by atomic mass is 10.2. The number of oxazole rings is 1. The summed E-state index contributed by atoms with van der Waals surface area (Å²) in [6.45, 7) is 5.89. The highest BCUT2D eigenvalue weighted by Crippen LogP contribution is 2.23. The molecule has 0 radical (unpaired) electrons. The SMILES string of the molecule is COc1ccc(-c2nc(CCNS(=O)(=O)c3ccc(OC(C)C)c(C)c3)co2)cc1. The van der Waals surface area contributed by atoms with Gasteiger partial charge in [0.05, 0.1) is 23.8 Å². The molecule has 0 aliphatic carbocycles. The smallest absolute Gasteiger partial charge is 0.240 e. The van der Waals surface area contributed by atoms with Gasteiger partial charge < -0.3 is 13.9 Å². The van der Waals surface area contributed by atoms with E-state index in [1.807, 2.05) is 45.0 Å². The van der Waals surface area contributed by atoms with Crippen LogP contribution in [0.15, 0.2) is 58.0 Å². The molecular formula is C22H26N2O5S. The molecule has 0 amide bonds. The third kappa shape index (κ3) is 5.40. The van der Waals surface area contributed by atoms with Crippen molar-refractivity contribution in [1.82, 2.24) is 9.71 Å². The lowest BCUT2D eigenvalue weighted by Gasteiger charge is -2.13. The minimum absolute atomic E-state index is 0.0227. The van der Waals surface area contributed by atoms with Crippen LogP contribution in [0.4, 0.5) is 0 Å². The first kappa shape index (κ1) is 21.9. The fraction of sp³-hybridized carbons (Fsp3) is 0.318. The average molecular weight is 431 g/mol. The quantitative estimate of drug-likeness (QED) is 0.552. The van der Waals surface area contributed by atoms with Crippen molar-refractivity contribution in [3.8, 4) is 23.0 Å². The Balaban J connectivity index is 1.60. The van der Waals surface area contributed by atoms with Crippen molar-refractivity contribution in [2.75, 3.05) is 13.7 Å². The number of benzene rings is 2. The van der Waals surface area contributed by atoms with Gasteiger partial charge in [0, 0.05) is 18.5 Å². The Bertz CT molecular complexity index is 1090. The molecule has 3 rings (SSSR count). The van der Waals surface area contributed by atoms with Crippen LogP contribution in [0.25, 0.3) is 11.5 Å². The second-order valence-corrected chi connectivity index (χ2v) is 8.88. The molecule has 0 fully saturated rings. The van der Waals surface area contributed by atoms with E-state index in [0.717, 1.165) is 16.9 Å². The van der Waals surface area contributed by atoms with Crippen molar-refractivity contribution in [1.29, 1.82) is 0 Å². The zero-order valence-corrected chi connectivity index (χ0v) is 18.3. The fourth-order valence-corrected chi connectivity index (χ4v) is 3.98. The number of sulfonamides is 1. The number of methoxy groups -OCH3 is 1. The summed E-state index contributed by atoms with van der Waals surface area (Å²) in [5.74, 6) is 1.91. The van der Waals surface area contributed by atoms with Gasteiger partial charge in [-0.3, -0.25) is 0 Å². The minimum Gasteiger partial charge on any atom is -0.497 e. The molecule has 7 nitrogen and oxygen atoms in total. The predicted octanol–water partition coefficient (Wildman–Crippen LogP) is 3.97. The normalized spacial score (nSPS) is 11.6. The standard InChI is InChI=1S/C22H26N2O5S/c1-15(2)29-21-10-9-20(13-16(21)3)30(25,26)23-12-11-18-14-28-22(24-18)17-5-7-19(27-4)8-6-17/h5-10,13-15,23H,11-12H2,1-4H3. The van der Waals surface area contributed by atoms with Gasteiger partial charge in [-0.05, 0) is 68.8 Å². The maximum Gasteiger partial charge on any atom is 0.240 e. The van der Waals surface area contributed by atoms with E-state index in [1.165, 1.54) is 6.26 Å². The Morgan fingerprint density at radius 2 is 1.87 bits per heavy atom. The van der Waals surface area contributed by atoms with Crippen LogP contribution in [0, 0.1) is 6.92 Å². The van der Waals surface area contributed by atoms with E-state index >= 15 is 0 Å². The summed E-state index contributed by atoms with van der Waals surface area (Å²) in [6, 6.07) is 12.2.